The summed E-state index contributed by atoms with van der Waals surface area (Å²) < 4.78 is 5.22. The molecule has 1 aliphatic carbocycles. The van der Waals surface area contributed by atoms with Crippen LogP contribution in [0.1, 0.15) is 57.3 Å². The second kappa shape index (κ2) is 8.79. The largest absolute Gasteiger partial charge is 0.462 e. The fraction of sp³-hybridized carbons (Fsp3) is 0.292. The van der Waals surface area contributed by atoms with Crippen molar-refractivity contribution in [3.8, 4) is 0 Å². The Labute approximate surface area is 179 Å². The van der Waals surface area contributed by atoms with Gasteiger partial charge in [0.1, 0.15) is 5.00 Å². The maximum atomic E-state index is 12.7. The molecule has 0 aliphatic heterocycles. The van der Waals surface area contributed by atoms with Gasteiger partial charge in [0.2, 0.25) is 5.91 Å². The lowest BCUT2D eigenvalue weighted by molar-refractivity contribution is -0.115. The molecule has 6 heteroatoms. The standard InChI is InChI=1S/C24H23NO4S/c1-2-29-24(28)22-18-9-5-6-10-20(18)30-23(22)25-21(27)14-19(26)17-12-11-15-7-3-4-8-16(15)13-17/h3-4,7-8,11-13H,2,5-6,9-10,14H2,1H3,(H,25,27). The van der Waals surface area contributed by atoms with Crippen molar-refractivity contribution in [3.05, 3.63) is 64.0 Å². The van der Waals surface area contributed by atoms with Gasteiger partial charge in [-0.1, -0.05) is 36.4 Å². The Balaban J connectivity index is 1.52. The van der Waals surface area contributed by atoms with E-state index < -0.39 is 11.9 Å². The van der Waals surface area contributed by atoms with Gasteiger partial charge in [-0.25, -0.2) is 4.79 Å². The lowest BCUT2D eigenvalue weighted by Gasteiger charge is -2.12. The number of aryl methyl sites for hydroxylation is 1. The molecule has 0 unspecified atom stereocenters. The minimum absolute atomic E-state index is 0.253. The number of Topliss-reactive ketones (excluding diaryl/α,β-unsaturated/α-hetero) is 1. The molecule has 3 aromatic rings. The van der Waals surface area contributed by atoms with E-state index in [0.717, 1.165) is 46.9 Å². The molecule has 0 bridgehead atoms. The lowest BCUT2D eigenvalue weighted by Crippen LogP contribution is -2.18. The summed E-state index contributed by atoms with van der Waals surface area (Å²) in [6, 6.07) is 13.2. The van der Waals surface area contributed by atoms with Crippen molar-refractivity contribution < 1.29 is 19.1 Å². The Morgan fingerprint density at radius 2 is 1.80 bits per heavy atom. The summed E-state index contributed by atoms with van der Waals surface area (Å²) in [5, 5.41) is 5.30. The van der Waals surface area contributed by atoms with Crippen molar-refractivity contribution in [3.63, 3.8) is 0 Å². The maximum absolute atomic E-state index is 12.7. The van der Waals surface area contributed by atoms with Crippen molar-refractivity contribution >= 4 is 44.8 Å². The summed E-state index contributed by atoms with van der Waals surface area (Å²) in [4.78, 5) is 38.9. The first kappa shape index (κ1) is 20.3. The molecule has 154 valence electrons. The molecule has 1 N–H and O–H groups in total. The van der Waals surface area contributed by atoms with Crippen molar-refractivity contribution in [2.45, 2.75) is 39.0 Å². The summed E-state index contributed by atoms with van der Waals surface area (Å²) in [5.41, 5.74) is 1.95. The van der Waals surface area contributed by atoms with E-state index >= 15 is 0 Å². The van der Waals surface area contributed by atoms with E-state index in [4.69, 9.17) is 4.74 Å². The number of carbonyl (C=O) groups is 3. The number of carbonyl (C=O) groups excluding carboxylic acids is 3. The van der Waals surface area contributed by atoms with Gasteiger partial charge >= 0.3 is 5.97 Å². The average molecular weight is 422 g/mol. The molecule has 0 spiro atoms. The molecular weight excluding hydrogens is 398 g/mol. The minimum Gasteiger partial charge on any atom is -0.462 e. The first-order valence-corrected chi connectivity index (χ1v) is 11.0. The fourth-order valence-corrected chi connectivity index (χ4v) is 5.15. The molecule has 0 saturated carbocycles. The Morgan fingerprint density at radius 3 is 2.60 bits per heavy atom. The average Bonchev–Trinajstić information content (AvgIpc) is 3.11. The van der Waals surface area contributed by atoms with Crippen LogP contribution in [0, 0.1) is 0 Å². The molecule has 0 radical (unpaired) electrons. The number of thiophene rings is 1. The normalized spacial score (nSPS) is 13.0. The number of ether oxygens (including phenoxy) is 1. The second-order valence-corrected chi connectivity index (χ2v) is 8.45. The number of nitrogens with one attached hydrogen (secondary N) is 1. The first-order chi connectivity index (χ1) is 14.6. The van der Waals surface area contributed by atoms with E-state index in [9.17, 15) is 14.4 Å². The van der Waals surface area contributed by atoms with Gasteiger partial charge in [-0.3, -0.25) is 9.59 Å². The van der Waals surface area contributed by atoms with Crippen LogP contribution in [0.2, 0.25) is 0 Å². The Morgan fingerprint density at radius 1 is 1.03 bits per heavy atom. The van der Waals surface area contributed by atoms with Crippen LogP contribution in [-0.2, 0) is 22.4 Å². The number of hydrogen-bond acceptors (Lipinski definition) is 5. The highest BCUT2D eigenvalue weighted by Gasteiger charge is 2.27. The predicted octanol–water partition coefficient (Wildman–Crippen LogP) is 5.17. The van der Waals surface area contributed by atoms with Gasteiger partial charge in [0, 0.05) is 10.4 Å². The van der Waals surface area contributed by atoms with Crippen molar-refractivity contribution in [1.29, 1.82) is 0 Å². The molecule has 4 rings (SSSR count). The van der Waals surface area contributed by atoms with E-state index in [2.05, 4.69) is 5.32 Å². The van der Waals surface area contributed by atoms with E-state index in [1.54, 1.807) is 19.1 Å². The number of esters is 1. The second-order valence-electron chi connectivity index (χ2n) is 7.35. The van der Waals surface area contributed by atoms with E-state index in [1.807, 2.05) is 30.3 Å². The molecule has 5 nitrogen and oxygen atoms in total. The van der Waals surface area contributed by atoms with Crippen molar-refractivity contribution in [2.24, 2.45) is 0 Å². The van der Waals surface area contributed by atoms with Crippen molar-refractivity contribution in [2.75, 3.05) is 11.9 Å². The zero-order valence-corrected chi connectivity index (χ0v) is 17.6. The smallest absolute Gasteiger partial charge is 0.341 e. The number of rotatable bonds is 6. The highest BCUT2D eigenvalue weighted by Crippen LogP contribution is 2.38. The number of ketones is 1. The van der Waals surface area contributed by atoms with Crippen LogP contribution >= 0.6 is 11.3 Å². The zero-order chi connectivity index (χ0) is 21.1. The Hall–Kier alpha value is -2.99. The summed E-state index contributed by atoms with van der Waals surface area (Å²) in [5.74, 6) is -1.08. The van der Waals surface area contributed by atoms with Gasteiger partial charge in [0.15, 0.2) is 5.78 Å². The summed E-state index contributed by atoms with van der Waals surface area (Å²) >= 11 is 1.43. The lowest BCUT2D eigenvalue weighted by atomic mass is 9.95. The molecule has 1 aliphatic rings. The molecular formula is C24H23NO4S. The van der Waals surface area contributed by atoms with Gasteiger partial charge in [-0.2, -0.15) is 0 Å². The predicted molar refractivity (Wildman–Crippen MR) is 118 cm³/mol. The van der Waals surface area contributed by atoms with Crippen molar-refractivity contribution in [1.82, 2.24) is 0 Å². The van der Waals surface area contributed by atoms with E-state index in [0.29, 0.717) is 16.1 Å². The summed E-state index contributed by atoms with van der Waals surface area (Å²) in [6.45, 7) is 2.04. The third kappa shape index (κ3) is 4.14. The Kier molecular flexibility index (Phi) is 5.95. The molecule has 1 heterocycles. The van der Waals surface area contributed by atoms with Crippen LogP contribution in [0.15, 0.2) is 42.5 Å². The minimum atomic E-state index is -0.419. The number of benzene rings is 2. The monoisotopic (exact) mass is 421 g/mol. The van der Waals surface area contributed by atoms with Crippen LogP contribution in [0.25, 0.3) is 10.8 Å². The Bertz CT molecular complexity index is 1130. The number of hydrogen-bond donors (Lipinski definition) is 1. The van der Waals surface area contributed by atoms with Crippen LogP contribution in [0.5, 0.6) is 0 Å². The topological polar surface area (TPSA) is 72.5 Å². The van der Waals surface area contributed by atoms with E-state index in [1.165, 1.54) is 11.3 Å². The SMILES string of the molecule is CCOC(=O)c1c(NC(=O)CC(=O)c2ccc3ccccc3c2)sc2c1CCCC2. The van der Waals surface area contributed by atoms with Crippen LogP contribution in [0.3, 0.4) is 0 Å². The molecule has 0 atom stereocenters. The first-order valence-electron chi connectivity index (χ1n) is 10.2. The van der Waals surface area contributed by atoms with Crippen LogP contribution in [-0.4, -0.2) is 24.3 Å². The molecule has 0 saturated heterocycles. The molecule has 0 fully saturated rings. The van der Waals surface area contributed by atoms with E-state index in [-0.39, 0.29) is 18.8 Å². The van der Waals surface area contributed by atoms with Crippen LogP contribution < -0.4 is 5.32 Å². The summed E-state index contributed by atoms with van der Waals surface area (Å²) in [7, 11) is 0. The van der Waals surface area contributed by atoms with Gasteiger partial charge in [0.25, 0.3) is 0 Å². The van der Waals surface area contributed by atoms with Crippen LogP contribution in [0.4, 0.5) is 5.00 Å². The zero-order valence-electron chi connectivity index (χ0n) is 16.8. The number of anilines is 1. The van der Waals surface area contributed by atoms with Gasteiger partial charge < -0.3 is 10.1 Å². The summed E-state index contributed by atoms with van der Waals surface area (Å²) in [6.07, 6.45) is 3.53. The molecule has 1 amide bonds. The highest BCUT2D eigenvalue weighted by atomic mass is 32.1. The fourth-order valence-electron chi connectivity index (χ4n) is 3.85. The van der Waals surface area contributed by atoms with Gasteiger partial charge in [0.05, 0.1) is 18.6 Å². The molecule has 2 aromatic carbocycles. The number of amides is 1. The molecule has 1 aromatic heterocycles. The number of fused-ring (bicyclic) bond motifs is 2. The molecule has 30 heavy (non-hydrogen) atoms. The third-order valence-electron chi connectivity index (χ3n) is 5.30. The van der Waals surface area contributed by atoms with Gasteiger partial charge in [-0.15, -0.1) is 11.3 Å². The highest BCUT2D eigenvalue weighted by molar-refractivity contribution is 7.17. The third-order valence-corrected chi connectivity index (χ3v) is 6.50. The van der Waals surface area contributed by atoms with Gasteiger partial charge in [-0.05, 0) is 55.0 Å². The maximum Gasteiger partial charge on any atom is 0.341 e. The quantitative estimate of drug-likeness (QED) is 0.339.